The number of carboxylic acid groups (broad SMARTS) is 1. The first-order valence-corrected chi connectivity index (χ1v) is 7.28. The van der Waals surface area contributed by atoms with Gasteiger partial charge >= 0.3 is 5.97 Å². The lowest BCUT2D eigenvalue weighted by Crippen LogP contribution is -2.14. The molecule has 2 N–H and O–H groups in total. The van der Waals surface area contributed by atoms with Crippen LogP contribution >= 0.6 is 0 Å². The third-order valence-electron chi connectivity index (χ3n) is 4.14. The lowest BCUT2D eigenvalue weighted by Gasteiger charge is -2.23. The third-order valence-corrected chi connectivity index (χ3v) is 4.14. The van der Waals surface area contributed by atoms with Gasteiger partial charge in [0.05, 0.1) is 11.9 Å². The molecule has 1 aliphatic rings. The largest absolute Gasteiger partial charge is 0.506 e. The van der Waals surface area contributed by atoms with Gasteiger partial charge < -0.3 is 10.2 Å². The lowest BCUT2D eigenvalue weighted by atomic mass is 9.85. The minimum atomic E-state index is -0.961. The molecule has 110 valence electrons. The Labute approximate surface area is 122 Å². The van der Waals surface area contributed by atoms with E-state index in [1.807, 2.05) is 6.07 Å². The number of carbonyl (C=O) groups is 1. The fraction of sp³-hybridized carbons (Fsp3) is 0.375. The van der Waals surface area contributed by atoms with E-state index in [1.165, 1.54) is 12.6 Å². The van der Waals surface area contributed by atoms with E-state index in [0.29, 0.717) is 11.4 Å². The average Bonchev–Trinajstić information content (AvgIpc) is 2.93. The number of hydrogen-bond acceptors (Lipinski definition) is 3. The van der Waals surface area contributed by atoms with Crippen LogP contribution in [-0.2, 0) is 0 Å². The molecule has 1 fully saturated rings. The zero-order valence-electron chi connectivity index (χ0n) is 11.7. The van der Waals surface area contributed by atoms with E-state index in [2.05, 4.69) is 5.10 Å². The van der Waals surface area contributed by atoms with Crippen LogP contribution < -0.4 is 0 Å². The second-order valence-corrected chi connectivity index (χ2v) is 5.48. The summed E-state index contributed by atoms with van der Waals surface area (Å²) >= 11 is 0. The van der Waals surface area contributed by atoms with Gasteiger partial charge in [-0.25, -0.2) is 9.48 Å². The standard InChI is InChI=1S/C16H18N2O3/c19-14-9-5-4-8-13(14)18-15(11-6-2-1-3-7-11)12(10-17-18)16(20)21/h4-5,8-11,19H,1-3,6-7H2,(H,20,21). The Morgan fingerprint density at radius 1 is 1.19 bits per heavy atom. The van der Waals surface area contributed by atoms with E-state index < -0.39 is 5.97 Å². The molecule has 1 aromatic carbocycles. The number of aromatic hydroxyl groups is 1. The van der Waals surface area contributed by atoms with Crippen molar-refractivity contribution in [3.05, 3.63) is 41.7 Å². The Hall–Kier alpha value is -2.30. The van der Waals surface area contributed by atoms with Gasteiger partial charge in [-0.2, -0.15) is 5.10 Å². The normalized spacial score (nSPS) is 16.0. The maximum absolute atomic E-state index is 11.5. The van der Waals surface area contributed by atoms with E-state index in [9.17, 15) is 15.0 Å². The number of phenolic OH excluding ortho intramolecular Hbond substituents is 1. The van der Waals surface area contributed by atoms with Crippen molar-refractivity contribution in [2.24, 2.45) is 0 Å². The molecule has 2 aromatic rings. The Balaban J connectivity index is 2.12. The molecule has 1 aromatic heterocycles. The van der Waals surface area contributed by atoms with Gasteiger partial charge in [-0.15, -0.1) is 0 Å². The van der Waals surface area contributed by atoms with Crippen LogP contribution in [-0.4, -0.2) is 26.0 Å². The summed E-state index contributed by atoms with van der Waals surface area (Å²) in [5, 5.41) is 23.7. The van der Waals surface area contributed by atoms with Crippen molar-refractivity contribution in [1.29, 1.82) is 0 Å². The molecule has 0 amide bonds. The summed E-state index contributed by atoms with van der Waals surface area (Å²) in [5.74, 6) is -0.668. The van der Waals surface area contributed by atoms with Crippen molar-refractivity contribution in [1.82, 2.24) is 9.78 Å². The highest BCUT2D eigenvalue weighted by Crippen LogP contribution is 2.36. The Morgan fingerprint density at radius 2 is 1.90 bits per heavy atom. The first-order valence-electron chi connectivity index (χ1n) is 7.28. The highest BCUT2D eigenvalue weighted by atomic mass is 16.4. The zero-order chi connectivity index (χ0) is 14.8. The van der Waals surface area contributed by atoms with Gasteiger partial charge in [0.2, 0.25) is 0 Å². The molecule has 0 radical (unpaired) electrons. The number of para-hydroxylation sites is 2. The summed E-state index contributed by atoms with van der Waals surface area (Å²) in [5.41, 5.74) is 1.49. The fourth-order valence-corrected chi connectivity index (χ4v) is 3.13. The van der Waals surface area contributed by atoms with Crippen LogP contribution in [0.3, 0.4) is 0 Å². The quantitative estimate of drug-likeness (QED) is 0.907. The molecule has 21 heavy (non-hydrogen) atoms. The molecule has 5 nitrogen and oxygen atoms in total. The number of benzene rings is 1. The number of nitrogens with zero attached hydrogens (tertiary/aromatic N) is 2. The molecule has 1 heterocycles. The van der Waals surface area contributed by atoms with Crippen LogP contribution in [0.5, 0.6) is 5.75 Å². The Kier molecular flexibility index (Phi) is 3.64. The van der Waals surface area contributed by atoms with Crippen molar-refractivity contribution >= 4 is 5.97 Å². The van der Waals surface area contributed by atoms with Gasteiger partial charge in [-0.1, -0.05) is 31.4 Å². The molecule has 0 atom stereocenters. The van der Waals surface area contributed by atoms with Gasteiger partial charge in [-0.05, 0) is 25.0 Å². The van der Waals surface area contributed by atoms with Crippen LogP contribution in [0.2, 0.25) is 0 Å². The molecule has 0 saturated heterocycles. The molecular formula is C16H18N2O3. The molecule has 0 spiro atoms. The van der Waals surface area contributed by atoms with Gasteiger partial charge in [0.15, 0.2) is 0 Å². The number of aromatic carboxylic acids is 1. The molecule has 1 aliphatic carbocycles. The smallest absolute Gasteiger partial charge is 0.339 e. The van der Waals surface area contributed by atoms with E-state index in [1.54, 1.807) is 22.9 Å². The summed E-state index contributed by atoms with van der Waals surface area (Å²) in [4.78, 5) is 11.5. The maximum atomic E-state index is 11.5. The fourth-order valence-electron chi connectivity index (χ4n) is 3.13. The molecule has 3 rings (SSSR count). The van der Waals surface area contributed by atoms with E-state index in [4.69, 9.17) is 0 Å². The summed E-state index contributed by atoms with van der Waals surface area (Å²) in [6, 6.07) is 6.88. The molecular weight excluding hydrogens is 268 g/mol. The minimum Gasteiger partial charge on any atom is -0.506 e. The van der Waals surface area contributed by atoms with Crippen molar-refractivity contribution in [3.8, 4) is 11.4 Å². The highest BCUT2D eigenvalue weighted by Gasteiger charge is 2.27. The minimum absolute atomic E-state index is 0.106. The molecule has 5 heteroatoms. The lowest BCUT2D eigenvalue weighted by molar-refractivity contribution is 0.0694. The molecule has 0 aliphatic heterocycles. The maximum Gasteiger partial charge on any atom is 0.339 e. The molecule has 1 saturated carbocycles. The van der Waals surface area contributed by atoms with Gasteiger partial charge in [0, 0.05) is 5.92 Å². The Morgan fingerprint density at radius 3 is 2.57 bits per heavy atom. The average molecular weight is 286 g/mol. The van der Waals surface area contributed by atoms with Crippen molar-refractivity contribution in [2.45, 2.75) is 38.0 Å². The van der Waals surface area contributed by atoms with Gasteiger partial charge in [0.1, 0.15) is 17.0 Å². The monoisotopic (exact) mass is 286 g/mol. The number of phenols is 1. The van der Waals surface area contributed by atoms with Crippen LogP contribution in [0.15, 0.2) is 30.5 Å². The first kappa shape index (κ1) is 13.7. The van der Waals surface area contributed by atoms with E-state index in [0.717, 1.165) is 25.7 Å². The molecule has 0 bridgehead atoms. The highest BCUT2D eigenvalue weighted by molar-refractivity contribution is 5.89. The number of rotatable bonds is 3. The predicted molar refractivity (Wildman–Crippen MR) is 78.0 cm³/mol. The SMILES string of the molecule is O=C(O)c1cnn(-c2ccccc2O)c1C1CCCCC1. The molecule has 0 unspecified atom stereocenters. The second kappa shape index (κ2) is 5.60. The predicted octanol–water partition coefficient (Wildman–Crippen LogP) is 3.32. The second-order valence-electron chi connectivity index (χ2n) is 5.48. The van der Waals surface area contributed by atoms with Crippen LogP contribution in [0.25, 0.3) is 5.69 Å². The van der Waals surface area contributed by atoms with Crippen LogP contribution in [0.1, 0.15) is 54.1 Å². The number of hydrogen-bond donors (Lipinski definition) is 2. The van der Waals surface area contributed by atoms with Gasteiger partial charge in [0.25, 0.3) is 0 Å². The summed E-state index contributed by atoms with van der Waals surface area (Å²) < 4.78 is 1.59. The summed E-state index contributed by atoms with van der Waals surface area (Å²) in [6.45, 7) is 0. The summed E-state index contributed by atoms with van der Waals surface area (Å²) in [7, 11) is 0. The van der Waals surface area contributed by atoms with Crippen LogP contribution in [0, 0.1) is 0 Å². The third kappa shape index (κ3) is 2.51. The topological polar surface area (TPSA) is 75.3 Å². The van der Waals surface area contributed by atoms with Crippen molar-refractivity contribution in [3.63, 3.8) is 0 Å². The van der Waals surface area contributed by atoms with Gasteiger partial charge in [-0.3, -0.25) is 0 Å². The van der Waals surface area contributed by atoms with Crippen LogP contribution in [0.4, 0.5) is 0 Å². The van der Waals surface area contributed by atoms with Crippen molar-refractivity contribution in [2.75, 3.05) is 0 Å². The zero-order valence-corrected chi connectivity index (χ0v) is 11.7. The van der Waals surface area contributed by atoms with E-state index in [-0.39, 0.29) is 17.2 Å². The number of carboxylic acids is 1. The van der Waals surface area contributed by atoms with Crippen molar-refractivity contribution < 1.29 is 15.0 Å². The summed E-state index contributed by atoms with van der Waals surface area (Å²) in [6.07, 6.45) is 6.74. The van der Waals surface area contributed by atoms with E-state index >= 15 is 0 Å². The number of aromatic nitrogens is 2. The Bertz CT molecular complexity index is 657. The first-order chi connectivity index (χ1) is 10.2.